The number of hydrogen-bond donors (Lipinski definition) is 1. The van der Waals surface area contributed by atoms with Crippen molar-refractivity contribution in [2.45, 2.75) is 13.3 Å². The predicted molar refractivity (Wildman–Crippen MR) is 67.8 cm³/mol. The number of ether oxygens (including phenoxy) is 1. The van der Waals surface area contributed by atoms with Crippen molar-refractivity contribution in [1.29, 1.82) is 0 Å². The summed E-state index contributed by atoms with van der Waals surface area (Å²) in [5.41, 5.74) is 8.76. The SMILES string of the molecule is CCc1ccccc1-c1cc(OC)nc(N)n1. The largest absolute Gasteiger partial charge is 0.481 e. The standard InChI is InChI=1S/C13H15N3O/c1-3-9-6-4-5-7-10(9)11-8-12(17-2)16-13(14)15-11/h4-8H,3H2,1-2H3,(H2,14,15,16). The number of nitrogens with zero attached hydrogens (tertiary/aromatic N) is 2. The Morgan fingerprint density at radius 2 is 2.00 bits per heavy atom. The first kappa shape index (κ1) is 11.4. The molecule has 0 bridgehead atoms. The fourth-order valence-electron chi connectivity index (χ4n) is 1.76. The first-order valence-corrected chi connectivity index (χ1v) is 5.51. The number of aryl methyl sites for hydroxylation is 1. The predicted octanol–water partition coefficient (Wildman–Crippen LogP) is 2.30. The van der Waals surface area contributed by atoms with Gasteiger partial charge in [0.25, 0.3) is 0 Å². The van der Waals surface area contributed by atoms with Crippen LogP contribution in [0.1, 0.15) is 12.5 Å². The summed E-state index contributed by atoms with van der Waals surface area (Å²) >= 11 is 0. The van der Waals surface area contributed by atoms with Crippen molar-refractivity contribution in [3.05, 3.63) is 35.9 Å². The van der Waals surface area contributed by atoms with Crippen LogP contribution in [0.25, 0.3) is 11.3 Å². The van der Waals surface area contributed by atoms with E-state index in [-0.39, 0.29) is 5.95 Å². The van der Waals surface area contributed by atoms with Crippen molar-refractivity contribution < 1.29 is 4.74 Å². The Morgan fingerprint density at radius 1 is 1.24 bits per heavy atom. The maximum absolute atomic E-state index is 5.66. The summed E-state index contributed by atoms with van der Waals surface area (Å²) in [7, 11) is 1.57. The fraction of sp³-hybridized carbons (Fsp3) is 0.231. The minimum atomic E-state index is 0.227. The highest BCUT2D eigenvalue weighted by Gasteiger charge is 2.08. The lowest BCUT2D eigenvalue weighted by molar-refractivity contribution is 0.398. The number of methoxy groups -OCH3 is 1. The van der Waals surface area contributed by atoms with E-state index in [1.165, 1.54) is 5.56 Å². The van der Waals surface area contributed by atoms with Gasteiger partial charge in [-0.25, -0.2) is 4.98 Å². The Hall–Kier alpha value is -2.10. The summed E-state index contributed by atoms with van der Waals surface area (Å²) in [4.78, 5) is 8.23. The van der Waals surface area contributed by atoms with Crippen LogP contribution in [0.3, 0.4) is 0 Å². The van der Waals surface area contributed by atoms with Crippen LogP contribution in [-0.2, 0) is 6.42 Å². The average Bonchev–Trinajstić information content (AvgIpc) is 2.37. The van der Waals surface area contributed by atoms with E-state index in [1.54, 1.807) is 13.2 Å². The lowest BCUT2D eigenvalue weighted by atomic mass is 10.0. The third-order valence-electron chi connectivity index (χ3n) is 2.60. The van der Waals surface area contributed by atoms with Crippen molar-refractivity contribution in [1.82, 2.24) is 9.97 Å². The second kappa shape index (κ2) is 4.82. The van der Waals surface area contributed by atoms with Gasteiger partial charge in [0.2, 0.25) is 11.8 Å². The smallest absolute Gasteiger partial charge is 0.223 e. The Morgan fingerprint density at radius 3 is 2.71 bits per heavy atom. The Bertz CT molecular complexity index is 526. The quantitative estimate of drug-likeness (QED) is 0.877. The number of nitrogens with two attached hydrogens (primary N) is 1. The molecule has 88 valence electrons. The van der Waals surface area contributed by atoms with E-state index < -0.39 is 0 Å². The molecule has 0 radical (unpaired) electrons. The van der Waals surface area contributed by atoms with Crippen LogP contribution in [-0.4, -0.2) is 17.1 Å². The Balaban J connectivity index is 2.55. The zero-order chi connectivity index (χ0) is 12.3. The monoisotopic (exact) mass is 229 g/mol. The van der Waals surface area contributed by atoms with E-state index in [0.29, 0.717) is 5.88 Å². The van der Waals surface area contributed by atoms with Crippen LogP contribution < -0.4 is 10.5 Å². The molecule has 0 amide bonds. The van der Waals surface area contributed by atoms with E-state index in [1.807, 2.05) is 18.2 Å². The van der Waals surface area contributed by atoms with Crippen LogP contribution in [0, 0.1) is 0 Å². The van der Waals surface area contributed by atoms with E-state index in [4.69, 9.17) is 10.5 Å². The number of nitrogen functional groups attached to an aromatic ring is 1. The van der Waals surface area contributed by atoms with Gasteiger partial charge in [0, 0.05) is 11.6 Å². The highest BCUT2D eigenvalue weighted by Crippen LogP contribution is 2.25. The van der Waals surface area contributed by atoms with Crippen molar-refractivity contribution in [2.75, 3.05) is 12.8 Å². The Kier molecular flexibility index (Phi) is 3.23. The van der Waals surface area contributed by atoms with E-state index in [9.17, 15) is 0 Å². The number of benzene rings is 1. The number of aromatic nitrogens is 2. The topological polar surface area (TPSA) is 61.0 Å². The molecule has 0 aliphatic carbocycles. The molecule has 1 aromatic carbocycles. The molecule has 4 heteroatoms. The summed E-state index contributed by atoms with van der Waals surface area (Å²) < 4.78 is 5.10. The maximum atomic E-state index is 5.66. The molecular weight excluding hydrogens is 214 g/mol. The summed E-state index contributed by atoms with van der Waals surface area (Å²) in [6, 6.07) is 9.91. The molecular formula is C13H15N3O. The van der Waals surface area contributed by atoms with Crippen LogP contribution >= 0.6 is 0 Å². The van der Waals surface area contributed by atoms with Gasteiger partial charge in [-0.05, 0) is 12.0 Å². The molecule has 1 aromatic heterocycles. The fourth-order valence-corrected chi connectivity index (χ4v) is 1.76. The average molecular weight is 229 g/mol. The van der Waals surface area contributed by atoms with Crippen LogP contribution in [0.4, 0.5) is 5.95 Å². The number of anilines is 1. The molecule has 0 fully saturated rings. The minimum absolute atomic E-state index is 0.227. The molecule has 17 heavy (non-hydrogen) atoms. The lowest BCUT2D eigenvalue weighted by Gasteiger charge is -2.08. The van der Waals surface area contributed by atoms with E-state index in [2.05, 4.69) is 23.0 Å². The van der Waals surface area contributed by atoms with Gasteiger partial charge in [-0.15, -0.1) is 0 Å². The molecule has 0 saturated carbocycles. The zero-order valence-corrected chi connectivity index (χ0v) is 9.97. The summed E-state index contributed by atoms with van der Waals surface area (Å²) in [6.07, 6.45) is 0.947. The Labute approximate surface area is 100 Å². The van der Waals surface area contributed by atoms with Gasteiger partial charge in [0.1, 0.15) is 0 Å². The van der Waals surface area contributed by atoms with Crippen molar-refractivity contribution in [2.24, 2.45) is 0 Å². The molecule has 2 aromatic rings. The molecule has 2 rings (SSSR count). The molecule has 0 aliphatic rings. The molecule has 2 N–H and O–H groups in total. The molecule has 1 heterocycles. The van der Waals surface area contributed by atoms with Crippen molar-refractivity contribution in [3.8, 4) is 17.1 Å². The first-order valence-electron chi connectivity index (χ1n) is 5.51. The zero-order valence-electron chi connectivity index (χ0n) is 9.97. The third-order valence-corrected chi connectivity index (χ3v) is 2.60. The van der Waals surface area contributed by atoms with E-state index in [0.717, 1.165) is 17.7 Å². The van der Waals surface area contributed by atoms with Crippen LogP contribution in [0.2, 0.25) is 0 Å². The number of rotatable bonds is 3. The molecule has 0 unspecified atom stereocenters. The van der Waals surface area contributed by atoms with Gasteiger partial charge in [-0.1, -0.05) is 31.2 Å². The molecule has 0 atom stereocenters. The van der Waals surface area contributed by atoms with Gasteiger partial charge < -0.3 is 10.5 Å². The van der Waals surface area contributed by atoms with Gasteiger partial charge in [0.15, 0.2) is 0 Å². The molecule has 0 aliphatic heterocycles. The minimum Gasteiger partial charge on any atom is -0.481 e. The van der Waals surface area contributed by atoms with Crippen LogP contribution in [0.15, 0.2) is 30.3 Å². The van der Waals surface area contributed by atoms with Gasteiger partial charge in [-0.2, -0.15) is 4.98 Å². The maximum Gasteiger partial charge on any atom is 0.223 e. The normalized spacial score (nSPS) is 10.2. The summed E-state index contributed by atoms with van der Waals surface area (Å²) in [5, 5.41) is 0. The second-order valence-corrected chi connectivity index (χ2v) is 3.66. The van der Waals surface area contributed by atoms with Gasteiger partial charge in [-0.3, -0.25) is 0 Å². The summed E-state index contributed by atoms with van der Waals surface area (Å²) in [5.74, 6) is 0.712. The van der Waals surface area contributed by atoms with Gasteiger partial charge >= 0.3 is 0 Å². The molecule has 0 spiro atoms. The number of hydrogen-bond acceptors (Lipinski definition) is 4. The van der Waals surface area contributed by atoms with Crippen molar-refractivity contribution >= 4 is 5.95 Å². The van der Waals surface area contributed by atoms with Gasteiger partial charge in [0.05, 0.1) is 12.8 Å². The highest BCUT2D eigenvalue weighted by molar-refractivity contribution is 5.65. The first-order chi connectivity index (χ1) is 8.24. The second-order valence-electron chi connectivity index (χ2n) is 3.66. The van der Waals surface area contributed by atoms with Crippen LogP contribution in [0.5, 0.6) is 5.88 Å². The summed E-state index contributed by atoms with van der Waals surface area (Å²) in [6.45, 7) is 2.11. The van der Waals surface area contributed by atoms with E-state index >= 15 is 0 Å². The third kappa shape index (κ3) is 2.36. The highest BCUT2D eigenvalue weighted by atomic mass is 16.5. The molecule has 4 nitrogen and oxygen atoms in total. The van der Waals surface area contributed by atoms with Crippen molar-refractivity contribution in [3.63, 3.8) is 0 Å². The lowest BCUT2D eigenvalue weighted by Crippen LogP contribution is -2.00. The molecule has 0 saturated heterocycles.